The molecular weight excluding hydrogens is 412 g/mol. The van der Waals surface area contributed by atoms with Crippen molar-refractivity contribution in [1.29, 1.82) is 0 Å². The van der Waals surface area contributed by atoms with Crippen LogP contribution in [0.5, 0.6) is 0 Å². The molecule has 0 radical (unpaired) electrons. The van der Waals surface area contributed by atoms with Crippen molar-refractivity contribution in [3.63, 3.8) is 0 Å². The van der Waals surface area contributed by atoms with E-state index in [0.29, 0.717) is 18.1 Å². The Balaban J connectivity index is 1.69. The van der Waals surface area contributed by atoms with Crippen LogP contribution in [0.1, 0.15) is 45.0 Å². The average Bonchev–Trinajstić information content (AvgIpc) is 3.40. The van der Waals surface area contributed by atoms with Gasteiger partial charge in [-0.3, -0.25) is 9.59 Å². The summed E-state index contributed by atoms with van der Waals surface area (Å²) in [5.41, 5.74) is -0.289. The van der Waals surface area contributed by atoms with Gasteiger partial charge in [-0.05, 0) is 31.5 Å². The number of aryl methyl sites for hydroxylation is 1. The standard InChI is InChI=1S/C23H24N4O5/c1-15-9-10-17(32-15)12-27-20(28)19-18(21(29)31-3)25-14-26(19)13-23(27,2)22(30)24-11-16-7-5-4-6-8-16/h4-10,14H,11-13H2,1-3H3,(H,24,30)/t23-/m1/s1. The number of hydrogen-bond acceptors (Lipinski definition) is 6. The number of carbonyl (C=O) groups excluding carboxylic acids is 3. The third-order valence-electron chi connectivity index (χ3n) is 5.63. The number of aromatic nitrogens is 2. The van der Waals surface area contributed by atoms with Crippen LogP contribution in [-0.2, 0) is 29.2 Å². The minimum atomic E-state index is -1.24. The summed E-state index contributed by atoms with van der Waals surface area (Å²) >= 11 is 0. The maximum Gasteiger partial charge on any atom is 0.359 e. The van der Waals surface area contributed by atoms with Gasteiger partial charge in [0.25, 0.3) is 5.91 Å². The lowest BCUT2D eigenvalue weighted by Gasteiger charge is -2.43. The van der Waals surface area contributed by atoms with Crippen LogP contribution >= 0.6 is 0 Å². The van der Waals surface area contributed by atoms with Crippen molar-refractivity contribution in [3.8, 4) is 0 Å². The number of hydrogen-bond donors (Lipinski definition) is 1. The molecule has 0 saturated heterocycles. The Kier molecular flexibility index (Phi) is 5.56. The summed E-state index contributed by atoms with van der Waals surface area (Å²) in [6.07, 6.45) is 1.39. The molecule has 9 heteroatoms. The van der Waals surface area contributed by atoms with Crippen molar-refractivity contribution in [1.82, 2.24) is 19.8 Å². The zero-order valence-corrected chi connectivity index (χ0v) is 18.1. The first kappa shape index (κ1) is 21.4. The maximum atomic E-state index is 13.6. The van der Waals surface area contributed by atoms with Gasteiger partial charge in [0.05, 0.1) is 26.5 Å². The molecule has 3 aromatic rings. The van der Waals surface area contributed by atoms with E-state index in [1.165, 1.54) is 22.9 Å². The molecule has 1 N–H and O–H groups in total. The number of nitrogens with one attached hydrogen (secondary N) is 1. The van der Waals surface area contributed by atoms with Crippen molar-refractivity contribution < 1.29 is 23.5 Å². The van der Waals surface area contributed by atoms with E-state index in [9.17, 15) is 14.4 Å². The Hall–Kier alpha value is -3.88. The number of imidazole rings is 1. The lowest BCUT2D eigenvalue weighted by Crippen LogP contribution is -2.63. The van der Waals surface area contributed by atoms with E-state index in [-0.39, 0.29) is 30.4 Å². The Morgan fingerprint density at radius 2 is 1.97 bits per heavy atom. The van der Waals surface area contributed by atoms with Crippen LogP contribution in [0.4, 0.5) is 0 Å². The van der Waals surface area contributed by atoms with Crippen LogP contribution in [0.25, 0.3) is 0 Å². The van der Waals surface area contributed by atoms with Crippen molar-refractivity contribution in [2.45, 2.75) is 39.0 Å². The van der Waals surface area contributed by atoms with Gasteiger partial charge in [0.2, 0.25) is 5.91 Å². The van der Waals surface area contributed by atoms with Gasteiger partial charge in [0.1, 0.15) is 22.8 Å². The lowest BCUT2D eigenvalue weighted by molar-refractivity contribution is -0.133. The first-order valence-electron chi connectivity index (χ1n) is 10.2. The predicted octanol–water partition coefficient (Wildman–Crippen LogP) is 2.30. The van der Waals surface area contributed by atoms with E-state index in [2.05, 4.69) is 10.3 Å². The van der Waals surface area contributed by atoms with Crippen LogP contribution < -0.4 is 5.32 Å². The van der Waals surface area contributed by atoms with Crippen molar-refractivity contribution in [2.75, 3.05) is 7.11 Å². The molecule has 2 amide bonds. The highest BCUT2D eigenvalue weighted by Gasteiger charge is 2.49. The first-order chi connectivity index (χ1) is 15.3. The molecule has 0 spiro atoms. The van der Waals surface area contributed by atoms with Gasteiger partial charge in [0, 0.05) is 6.54 Å². The lowest BCUT2D eigenvalue weighted by atomic mass is 9.94. The second-order valence-electron chi connectivity index (χ2n) is 7.91. The normalized spacial score (nSPS) is 17.7. The van der Waals surface area contributed by atoms with Crippen molar-refractivity contribution in [2.24, 2.45) is 0 Å². The van der Waals surface area contributed by atoms with Gasteiger partial charge in [-0.25, -0.2) is 9.78 Å². The quantitative estimate of drug-likeness (QED) is 0.595. The Morgan fingerprint density at radius 1 is 1.22 bits per heavy atom. The minimum absolute atomic E-state index is 0.0632. The van der Waals surface area contributed by atoms with Crippen molar-refractivity contribution in [3.05, 3.63) is 77.3 Å². The molecule has 0 saturated carbocycles. The fourth-order valence-electron chi connectivity index (χ4n) is 3.88. The number of nitrogens with zero attached hydrogens (tertiary/aromatic N) is 3. The first-order valence-corrected chi connectivity index (χ1v) is 10.2. The highest BCUT2D eigenvalue weighted by molar-refractivity contribution is 6.06. The Bertz CT molecular complexity index is 1170. The van der Waals surface area contributed by atoms with E-state index in [0.717, 1.165) is 5.56 Å². The molecule has 9 nitrogen and oxygen atoms in total. The van der Waals surface area contributed by atoms with Crippen molar-refractivity contribution >= 4 is 17.8 Å². The average molecular weight is 436 g/mol. The second kappa shape index (κ2) is 8.33. The number of amides is 2. The fourth-order valence-corrected chi connectivity index (χ4v) is 3.88. The molecule has 0 fully saturated rings. The third-order valence-corrected chi connectivity index (χ3v) is 5.63. The van der Waals surface area contributed by atoms with E-state index < -0.39 is 17.4 Å². The monoisotopic (exact) mass is 436 g/mol. The topological polar surface area (TPSA) is 107 Å². The van der Waals surface area contributed by atoms with E-state index in [4.69, 9.17) is 9.15 Å². The summed E-state index contributed by atoms with van der Waals surface area (Å²) < 4.78 is 12.0. The number of ether oxygens (including phenoxy) is 1. The number of esters is 1. The Morgan fingerprint density at radius 3 is 2.62 bits per heavy atom. The molecule has 0 aliphatic carbocycles. The maximum absolute atomic E-state index is 13.6. The van der Waals surface area contributed by atoms with Crippen LogP contribution in [0.3, 0.4) is 0 Å². The number of furan rings is 1. The third kappa shape index (κ3) is 3.77. The summed E-state index contributed by atoms with van der Waals surface area (Å²) in [5.74, 6) is -0.305. The fraction of sp³-hybridized carbons (Fsp3) is 0.304. The van der Waals surface area contributed by atoms with Gasteiger partial charge in [-0.15, -0.1) is 0 Å². The summed E-state index contributed by atoms with van der Waals surface area (Å²) in [7, 11) is 1.23. The molecule has 32 heavy (non-hydrogen) atoms. The second-order valence-corrected chi connectivity index (χ2v) is 7.91. The summed E-state index contributed by atoms with van der Waals surface area (Å²) in [6, 6.07) is 13.1. The van der Waals surface area contributed by atoms with Gasteiger partial charge in [0.15, 0.2) is 5.69 Å². The molecule has 1 aromatic carbocycles. The smallest absolute Gasteiger partial charge is 0.359 e. The molecule has 4 rings (SSSR count). The van der Waals surface area contributed by atoms with Gasteiger partial charge in [-0.2, -0.15) is 0 Å². The molecule has 1 atom stereocenters. The predicted molar refractivity (Wildman–Crippen MR) is 114 cm³/mol. The SMILES string of the molecule is COC(=O)c1ncn2c1C(=O)N(Cc1ccc(C)o1)[C@@](C)(C(=O)NCc1ccccc1)C2. The largest absolute Gasteiger partial charge is 0.464 e. The van der Waals surface area contributed by atoms with E-state index in [1.54, 1.807) is 26.0 Å². The molecule has 1 aliphatic rings. The summed E-state index contributed by atoms with van der Waals surface area (Å²) in [6.45, 7) is 4.01. The van der Waals surface area contributed by atoms with Crippen LogP contribution in [0, 0.1) is 6.92 Å². The minimum Gasteiger partial charge on any atom is -0.464 e. The number of methoxy groups -OCH3 is 1. The number of fused-ring (bicyclic) bond motifs is 1. The van der Waals surface area contributed by atoms with Gasteiger partial charge in [-0.1, -0.05) is 30.3 Å². The molecule has 166 valence electrons. The molecule has 0 unspecified atom stereocenters. The van der Waals surface area contributed by atoms with E-state index in [1.807, 2.05) is 30.3 Å². The number of rotatable bonds is 6. The molecule has 1 aliphatic heterocycles. The highest BCUT2D eigenvalue weighted by Crippen LogP contribution is 2.31. The molecule has 3 heterocycles. The molecule has 0 bridgehead atoms. The summed E-state index contributed by atoms with van der Waals surface area (Å²) in [5, 5.41) is 2.93. The van der Waals surface area contributed by atoms with Gasteiger partial charge >= 0.3 is 5.97 Å². The summed E-state index contributed by atoms with van der Waals surface area (Å²) in [4.78, 5) is 44.6. The van der Waals surface area contributed by atoms with Crippen LogP contribution in [0.2, 0.25) is 0 Å². The highest BCUT2D eigenvalue weighted by atomic mass is 16.5. The molecule has 2 aromatic heterocycles. The van der Waals surface area contributed by atoms with Crippen LogP contribution in [0.15, 0.2) is 53.2 Å². The Labute approximate surface area is 185 Å². The number of carbonyl (C=O) groups is 3. The van der Waals surface area contributed by atoms with E-state index >= 15 is 0 Å². The zero-order chi connectivity index (χ0) is 22.9. The zero-order valence-electron chi connectivity index (χ0n) is 18.1. The molecular formula is C23H24N4O5. The van der Waals surface area contributed by atoms with Gasteiger partial charge < -0.3 is 23.9 Å². The number of benzene rings is 1. The van der Waals surface area contributed by atoms with Crippen LogP contribution in [-0.4, -0.2) is 44.9 Å².